The predicted molar refractivity (Wildman–Crippen MR) is 150 cm³/mol. The Kier molecular flexibility index (Phi) is 8.93. The number of carbonyl (C=O) groups excluding carboxylic acids is 1. The Hall–Kier alpha value is -3.42. The minimum atomic E-state index is -3.84. The summed E-state index contributed by atoms with van der Waals surface area (Å²) in [6.07, 6.45) is 2.78. The summed E-state index contributed by atoms with van der Waals surface area (Å²) in [4.78, 5) is 24.7. The Bertz CT molecular complexity index is 1530. The summed E-state index contributed by atoms with van der Waals surface area (Å²) in [5, 5.41) is 11.6. The van der Waals surface area contributed by atoms with Crippen LogP contribution in [0.3, 0.4) is 0 Å². The molecule has 2 N–H and O–H groups in total. The van der Waals surface area contributed by atoms with Crippen LogP contribution in [0.1, 0.15) is 49.3 Å². The maximum absolute atomic E-state index is 13.5. The van der Waals surface area contributed by atoms with Crippen molar-refractivity contribution in [3.63, 3.8) is 0 Å². The first-order valence-corrected chi connectivity index (χ1v) is 15.0. The van der Waals surface area contributed by atoms with Crippen molar-refractivity contribution in [1.82, 2.24) is 29.5 Å². The number of sulfonamides is 1. The zero-order valence-electron chi connectivity index (χ0n) is 22.6. The number of rotatable bonds is 11. The van der Waals surface area contributed by atoms with Crippen LogP contribution in [0.5, 0.6) is 0 Å². The van der Waals surface area contributed by atoms with Crippen molar-refractivity contribution >= 4 is 43.6 Å². The number of imidazole rings is 1. The van der Waals surface area contributed by atoms with Gasteiger partial charge in [0.05, 0.1) is 22.1 Å². The molecule has 1 atom stereocenters. The Morgan fingerprint density at radius 2 is 1.92 bits per heavy atom. The lowest BCUT2D eigenvalue weighted by Gasteiger charge is -2.28. The molecule has 4 rings (SSSR count). The van der Waals surface area contributed by atoms with Gasteiger partial charge in [0.2, 0.25) is 15.2 Å². The normalized spacial score (nSPS) is 12.8. The zero-order chi connectivity index (χ0) is 28.2. The minimum absolute atomic E-state index is 0.101. The predicted octanol–water partition coefficient (Wildman–Crippen LogP) is 4.55. The van der Waals surface area contributed by atoms with E-state index in [0.29, 0.717) is 24.4 Å². The molecule has 0 saturated carbocycles. The number of aryl methyl sites for hydroxylation is 2. The summed E-state index contributed by atoms with van der Waals surface area (Å²) in [6, 6.07) is 8.09. The van der Waals surface area contributed by atoms with Crippen LogP contribution in [0.15, 0.2) is 41.4 Å². The summed E-state index contributed by atoms with van der Waals surface area (Å²) in [6.45, 7) is 7.72. The molecule has 0 aliphatic heterocycles. The van der Waals surface area contributed by atoms with E-state index in [1.807, 2.05) is 33.8 Å². The number of nitrogens with one attached hydrogen (secondary N) is 2. The molecule has 0 aliphatic carbocycles. The molecule has 3 aromatic heterocycles. The van der Waals surface area contributed by atoms with Crippen LogP contribution < -0.4 is 5.32 Å². The number of benzene rings is 1. The molecule has 1 aromatic carbocycles. The lowest BCUT2D eigenvalue weighted by atomic mass is 10.0. The molecule has 0 bridgehead atoms. The van der Waals surface area contributed by atoms with Gasteiger partial charge in [0, 0.05) is 19.7 Å². The highest BCUT2D eigenvalue weighted by Gasteiger charge is 2.30. The molecule has 13 heteroatoms. The summed E-state index contributed by atoms with van der Waals surface area (Å²) in [7, 11) is -2.33. The molecular formula is C26H33N7O4S2. The number of likely N-dealkylation sites (N-methyl/N-ethyl adjacent to an activating group) is 1. The van der Waals surface area contributed by atoms with Gasteiger partial charge < -0.3 is 9.72 Å². The molecule has 0 unspecified atom stereocenters. The van der Waals surface area contributed by atoms with Crippen LogP contribution in [0.25, 0.3) is 11.0 Å². The zero-order valence-corrected chi connectivity index (χ0v) is 24.3. The number of ether oxygens (including phenoxy) is 1. The van der Waals surface area contributed by atoms with E-state index in [0.717, 1.165) is 33.1 Å². The fourth-order valence-corrected chi connectivity index (χ4v) is 6.20. The van der Waals surface area contributed by atoms with E-state index in [1.54, 1.807) is 30.5 Å². The molecular weight excluding hydrogens is 538 g/mol. The molecule has 3 heterocycles. The highest BCUT2D eigenvalue weighted by Crippen LogP contribution is 2.23. The Morgan fingerprint density at radius 3 is 2.59 bits per heavy atom. The average molecular weight is 572 g/mol. The first-order chi connectivity index (χ1) is 18.6. The van der Waals surface area contributed by atoms with Crippen molar-refractivity contribution in [2.75, 3.05) is 19.0 Å². The van der Waals surface area contributed by atoms with Crippen molar-refractivity contribution < 1.29 is 17.9 Å². The quantitative estimate of drug-likeness (QED) is 0.267. The third kappa shape index (κ3) is 6.97. The van der Waals surface area contributed by atoms with Crippen LogP contribution in [-0.4, -0.2) is 63.7 Å². The fourth-order valence-electron chi connectivity index (χ4n) is 4.19. The lowest BCUT2D eigenvalue weighted by molar-refractivity contribution is 0.127. The van der Waals surface area contributed by atoms with Crippen molar-refractivity contribution in [2.24, 2.45) is 5.92 Å². The van der Waals surface area contributed by atoms with Gasteiger partial charge in [-0.25, -0.2) is 18.2 Å². The van der Waals surface area contributed by atoms with E-state index in [4.69, 9.17) is 4.74 Å². The second-order valence-corrected chi connectivity index (χ2v) is 12.7. The van der Waals surface area contributed by atoms with Crippen molar-refractivity contribution in [1.29, 1.82) is 0 Å². The molecule has 0 saturated heterocycles. The van der Waals surface area contributed by atoms with Crippen LogP contribution in [0.2, 0.25) is 0 Å². The number of H-pyrrole nitrogens is 1. The van der Waals surface area contributed by atoms with Gasteiger partial charge in [-0.1, -0.05) is 44.2 Å². The maximum atomic E-state index is 13.5. The van der Waals surface area contributed by atoms with Gasteiger partial charge >= 0.3 is 6.09 Å². The number of amides is 1. The van der Waals surface area contributed by atoms with Crippen molar-refractivity contribution in [3.05, 3.63) is 58.6 Å². The maximum Gasteiger partial charge on any atom is 0.413 e. The highest BCUT2D eigenvalue weighted by atomic mass is 32.2. The number of aromatic nitrogens is 5. The SMILES string of the molecule is CCc1nnc(NC(=O)OC[C@H](CC(C)C)N(C)S(=O)(=O)c2ccc(Cc3nccc4[nH]c(C)nc34)cc2)s1. The fraction of sp³-hybridized carbons (Fsp3) is 0.423. The molecule has 0 aliphatic rings. The molecule has 39 heavy (non-hydrogen) atoms. The summed E-state index contributed by atoms with van der Waals surface area (Å²) in [5.74, 6) is 0.991. The number of anilines is 1. The molecule has 0 radical (unpaired) electrons. The average Bonchev–Trinajstić information content (AvgIpc) is 3.52. The van der Waals surface area contributed by atoms with E-state index in [9.17, 15) is 13.2 Å². The first-order valence-electron chi connectivity index (χ1n) is 12.7. The molecule has 1 amide bonds. The smallest absolute Gasteiger partial charge is 0.413 e. The number of pyridine rings is 1. The van der Waals surface area contributed by atoms with Gasteiger partial charge in [-0.2, -0.15) is 4.31 Å². The molecule has 4 aromatic rings. The second-order valence-electron chi connectivity index (χ2n) is 9.68. The summed E-state index contributed by atoms with van der Waals surface area (Å²) < 4.78 is 33.7. The van der Waals surface area contributed by atoms with Crippen molar-refractivity contribution in [2.45, 2.75) is 57.9 Å². The van der Waals surface area contributed by atoms with Gasteiger partial charge in [0.25, 0.3) is 0 Å². The monoisotopic (exact) mass is 571 g/mol. The van der Waals surface area contributed by atoms with E-state index in [1.165, 1.54) is 22.7 Å². The van der Waals surface area contributed by atoms with E-state index in [2.05, 4.69) is 30.5 Å². The number of nitrogens with zero attached hydrogens (tertiary/aromatic N) is 5. The standard InChI is InChI=1S/C26H33N7O4S2/c1-6-23-31-32-25(38-23)30-26(34)37-15-19(13-16(2)3)33(5)39(35,36)20-9-7-18(8-10-20)14-22-24-21(11-12-27-22)28-17(4)29-24/h7-12,16,19H,6,13-15H2,1-5H3,(H,28,29)(H,30,32,34)/t19-/m0/s1. The third-order valence-electron chi connectivity index (χ3n) is 6.21. The first kappa shape index (κ1) is 28.6. The topological polar surface area (TPSA) is 143 Å². The van der Waals surface area contributed by atoms with E-state index < -0.39 is 22.2 Å². The Morgan fingerprint density at radius 1 is 1.18 bits per heavy atom. The highest BCUT2D eigenvalue weighted by molar-refractivity contribution is 7.89. The Balaban J connectivity index is 1.44. The number of hydrogen-bond acceptors (Lipinski definition) is 9. The largest absolute Gasteiger partial charge is 0.448 e. The van der Waals surface area contributed by atoms with E-state index >= 15 is 0 Å². The van der Waals surface area contributed by atoms with Gasteiger partial charge in [0.15, 0.2) is 0 Å². The second kappa shape index (κ2) is 12.2. The molecule has 11 nitrogen and oxygen atoms in total. The van der Waals surface area contributed by atoms with Gasteiger partial charge in [-0.05, 0) is 49.4 Å². The minimum Gasteiger partial charge on any atom is -0.448 e. The van der Waals surface area contributed by atoms with Gasteiger partial charge in [0.1, 0.15) is 23.0 Å². The number of hydrogen-bond donors (Lipinski definition) is 2. The van der Waals surface area contributed by atoms with E-state index in [-0.39, 0.29) is 17.4 Å². The van der Waals surface area contributed by atoms with Crippen LogP contribution in [0.4, 0.5) is 9.93 Å². The summed E-state index contributed by atoms with van der Waals surface area (Å²) >= 11 is 1.27. The van der Waals surface area contributed by atoms with Crippen LogP contribution in [0, 0.1) is 12.8 Å². The lowest BCUT2D eigenvalue weighted by Crippen LogP contribution is -2.41. The molecule has 208 valence electrons. The molecule has 0 spiro atoms. The number of carbonyl (C=O) groups is 1. The Labute approximate surface area is 232 Å². The van der Waals surface area contributed by atoms with Gasteiger partial charge in [-0.3, -0.25) is 10.3 Å². The van der Waals surface area contributed by atoms with Crippen molar-refractivity contribution in [3.8, 4) is 0 Å². The molecule has 0 fully saturated rings. The number of aromatic amines is 1. The van der Waals surface area contributed by atoms with Crippen LogP contribution in [-0.2, 0) is 27.6 Å². The van der Waals surface area contributed by atoms with Gasteiger partial charge in [-0.15, -0.1) is 10.2 Å². The summed E-state index contributed by atoms with van der Waals surface area (Å²) in [5.41, 5.74) is 3.46. The van der Waals surface area contributed by atoms with Crippen LogP contribution >= 0.6 is 11.3 Å². The third-order valence-corrected chi connectivity index (χ3v) is 9.12. The number of fused-ring (bicyclic) bond motifs is 1.